The lowest BCUT2D eigenvalue weighted by Crippen LogP contribution is -2.43. The van der Waals surface area contributed by atoms with E-state index in [9.17, 15) is 14.9 Å². The van der Waals surface area contributed by atoms with Crippen LogP contribution in [-0.4, -0.2) is 78.7 Å². The highest BCUT2D eigenvalue weighted by molar-refractivity contribution is 7.44. The van der Waals surface area contributed by atoms with E-state index in [0.717, 1.165) is 16.7 Å². The van der Waals surface area contributed by atoms with Crippen LogP contribution >= 0.6 is 8.53 Å². The van der Waals surface area contributed by atoms with Crippen LogP contribution in [0.4, 0.5) is 0 Å². The normalized spacial score (nSPS) is 18.7. The topological polar surface area (TPSA) is 146 Å². The second-order valence-corrected chi connectivity index (χ2v) is 15.4. The van der Waals surface area contributed by atoms with Gasteiger partial charge in [-0.15, -0.1) is 6.42 Å². The van der Waals surface area contributed by atoms with Crippen molar-refractivity contribution in [3.8, 4) is 29.9 Å². The van der Waals surface area contributed by atoms with Gasteiger partial charge in [0, 0.05) is 23.8 Å². The molecule has 14 heteroatoms. The van der Waals surface area contributed by atoms with Crippen molar-refractivity contribution in [1.29, 1.82) is 5.26 Å². The average Bonchev–Trinajstić information content (AvgIpc) is 3.55. The van der Waals surface area contributed by atoms with Crippen LogP contribution in [0.15, 0.2) is 94.6 Å². The smallest absolute Gasteiger partial charge is 0.330 e. The van der Waals surface area contributed by atoms with Crippen molar-refractivity contribution in [1.82, 2.24) is 14.2 Å². The van der Waals surface area contributed by atoms with Crippen LogP contribution in [0.3, 0.4) is 0 Å². The van der Waals surface area contributed by atoms with Gasteiger partial charge in [0.1, 0.15) is 42.0 Å². The zero-order valence-electron chi connectivity index (χ0n) is 33.4. The van der Waals surface area contributed by atoms with Gasteiger partial charge < -0.3 is 32.7 Å². The summed E-state index contributed by atoms with van der Waals surface area (Å²) in [6, 6.07) is 27.2. The second-order valence-electron chi connectivity index (χ2n) is 14.0. The van der Waals surface area contributed by atoms with Crippen molar-refractivity contribution in [2.45, 2.75) is 83.3 Å². The predicted molar refractivity (Wildman–Crippen MR) is 217 cm³/mol. The number of terminal acetylenes is 1. The molecule has 5 atom stereocenters. The van der Waals surface area contributed by atoms with Crippen LogP contribution in [0.1, 0.15) is 62.6 Å². The highest BCUT2D eigenvalue weighted by Gasteiger charge is 2.51. The Balaban J connectivity index is 1.69. The summed E-state index contributed by atoms with van der Waals surface area (Å²) in [5, 5.41) is 9.39. The molecule has 0 spiro atoms. The SMILES string of the molecule is C#CCO[C@@H]1[C@H](OP(OCCC#N)N(C(C)C)C(C)C)[C@@H](COC(c2ccccc2)(c2ccc(OC)cc2)c2ccc(OC)cc2)O[C@H]1n1cc(C)c(=O)[nH]c1=O. The first kappa shape index (κ1) is 43.3. The van der Waals surface area contributed by atoms with Crippen LogP contribution in [0.2, 0.25) is 0 Å². The highest BCUT2D eigenvalue weighted by Crippen LogP contribution is 2.51. The highest BCUT2D eigenvalue weighted by atomic mass is 31.2. The van der Waals surface area contributed by atoms with Crippen molar-refractivity contribution in [3.05, 3.63) is 128 Å². The summed E-state index contributed by atoms with van der Waals surface area (Å²) in [7, 11) is 1.38. The summed E-state index contributed by atoms with van der Waals surface area (Å²) in [5.41, 5.74) is 0.281. The van der Waals surface area contributed by atoms with Crippen LogP contribution in [-0.2, 0) is 28.9 Å². The Bertz CT molecular complexity index is 2040. The van der Waals surface area contributed by atoms with Crippen molar-refractivity contribution in [2.75, 3.05) is 34.0 Å². The molecule has 1 N–H and O–H groups in total. The van der Waals surface area contributed by atoms with Crippen LogP contribution < -0.4 is 20.7 Å². The minimum Gasteiger partial charge on any atom is -0.497 e. The molecule has 0 aliphatic carbocycles. The molecule has 0 bridgehead atoms. The molecule has 5 rings (SSSR count). The fraction of sp³-hybridized carbons (Fsp3) is 0.419. The van der Waals surface area contributed by atoms with Gasteiger partial charge in [-0.05, 0) is 75.6 Å². The third kappa shape index (κ3) is 9.84. The molecule has 57 heavy (non-hydrogen) atoms. The molecule has 1 fully saturated rings. The van der Waals surface area contributed by atoms with E-state index in [1.165, 1.54) is 10.8 Å². The fourth-order valence-corrected chi connectivity index (χ4v) is 8.74. The molecule has 4 aromatic rings. The molecule has 13 nitrogen and oxygen atoms in total. The van der Waals surface area contributed by atoms with Crippen LogP contribution in [0, 0.1) is 30.6 Å². The van der Waals surface area contributed by atoms with E-state index >= 15 is 0 Å². The number of hydrogen-bond acceptors (Lipinski definition) is 11. The minimum absolute atomic E-state index is 0.0172. The molecule has 1 aromatic heterocycles. The monoisotopic (exact) mass is 798 g/mol. The molecule has 1 saturated heterocycles. The lowest BCUT2D eigenvalue weighted by molar-refractivity contribution is -0.0966. The lowest BCUT2D eigenvalue weighted by Gasteiger charge is -2.39. The zero-order chi connectivity index (χ0) is 41.1. The number of benzene rings is 3. The number of aryl methyl sites for hydroxylation is 1. The number of nitrogens with zero attached hydrogens (tertiary/aromatic N) is 3. The maximum Gasteiger partial charge on any atom is 0.330 e. The van der Waals surface area contributed by atoms with Crippen molar-refractivity contribution in [3.63, 3.8) is 0 Å². The maximum absolute atomic E-state index is 13.5. The Kier molecular flexibility index (Phi) is 15.2. The maximum atomic E-state index is 13.5. The summed E-state index contributed by atoms with van der Waals surface area (Å²) in [5.74, 6) is 3.87. The van der Waals surface area contributed by atoms with Gasteiger partial charge in [0.15, 0.2) is 6.23 Å². The molecule has 302 valence electrons. The average molecular weight is 799 g/mol. The number of ether oxygens (including phenoxy) is 5. The van der Waals surface area contributed by atoms with Gasteiger partial charge in [-0.25, -0.2) is 9.46 Å². The Morgan fingerprint density at radius 3 is 2.02 bits per heavy atom. The first-order valence-electron chi connectivity index (χ1n) is 18.7. The summed E-state index contributed by atoms with van der Waals surface area (Å²) < 4.78 is 48.1. The van der Waals surface area contributed by atoms with E-state index < -0.39 is 49.9 Å². The molecule has 1 aliphatic rings. The molecule has 0 saturated carbocycles. The van der Waals surface area contributed by atoms with E-state index in [2.05, 4.69) is 21.6 Å². The fourth-order valence-electron chi connectivity index (χ4n) is 6.97. The van der Waals surface area contributed by atoms with Crippen LogP contribution in [0.25, 0.3) is 0 Å². The van der Waals surface area contributed by atoms with Gasteiger partial charge in [-0.1, -0.05) is 60.5 Å². The number of methoxy groups -OCH3 is 2. The third-order valence-electron chi connectivity index (χ3n) is 9.58. The van der Waals surface area contributed by atoms with Gasteiger partial charge >= 0.3 is 5.69 Å². The van der Waals surface area contributed by atoms with Crippen molar-refractivity contribution in [2.24, 2.45) is 0 Å². The van der Waals surface area contributed by atoms with Gasteiger partial charge in [0.2, 0.25) is 0 Å². The van der Waals surface area contributed by atoms with Crippen molar-refractivity contribution < 1.29 is 32.7 Å². The van der Waals surface area contributed by atoms with E-state index in [4.69, 9.17) is 39.2 Å². The van der Waals surface area contributed by atoms with E-state index in [-0.39, 0.29) is 38.3 Å². The Labute approximate surface area is 335 Å². The predicted octanol–water partition coefficient (Wildman–Crippen LogP) is 6.45. The number of rotatable bonds is 19. The number of nitrogens with one attached hydrogen (secondary N) is 1. The molecular weight excluding hydrogens is 747 g/mol. The van der Waals surface area contributed by atoms with Gasteiger partial charge in [0.05, 0.1) is 39.9 Å². The van der Waals surface area contributed by atoms with E-state index in [0.29, 0.717) is 17.1 Å². The van der Waals surface area contributed by atoms with E-state index in [1.807, 2.05) is 107 Å². The van der Waals surface area contributed by atoms with E-state index in [1.54, 1.807) is 21.1 Å². The molecule has 0 amide bonds. The first-order chi connectivity index (χ1) is 27.5. The number of nitriles is 1. The standard InChI is InChI=1S/C43H51N4O9P/c1-9-25-52-39-38(56-57(54-26-13-24-44)47(29(2)3)30(4)5)37(55-41(39)46-27-31(6)40(48)45-42(46)49)28-53-43(32-14-11-10-12-15-32,33-16-20-35(50-7)21-17-33)34-18-22-36(51-8)23-19-34/h1,10-12,14-23,27,29-30,37-39,41H,13,25-26,28H2,2-8H3,(H,45,48,49)/t37-,38-,39-,41-,57?/m1/s1. The summed E-state index contributed by atoms with van der Waals surface area (Å²) in [4.78, 5) is 28.3. The summed E-state index contributed by atoms with van der Waals surface area (Å²) in [6.07, 6.45) is 3.40. The Morgan fingerprint density at radius 1 is 0.912 bits per heavy atom. The first-order valence-corrected chi connectivity index (χ1v) is 19.9. The number of H-pyrrole nitrogens is 1. The second kappa shape index (κ2) is 20.0. The third-order valence-corrected chi connectivity index (χ3v) is 11.7. The Hall–Kier alpha value is -4.82. The summed E-state index contributed by atoms with van der Waals surface area (Å²) in [6.45, 7) is 9.64. The zero-order valence-corrected chi connectivity index (χ0v) is 34.3. The lowest BCUT2D eigenvalue weighted by atomic mass is 9.80. The Morgan fingerprint density at radius 2 is 1.49 bits per heavy atom. The minimum atomic E-state index is -1.84. The van der Waals surface area contributed by atoms with Crippen LogP contribution in [0.5, 0.6) is 11.5 Å². The molecule has 1 unspecified atom stereocenters. The molecule has 1 aliphatic heterocycles. The van der Waals surface area contributed by atoms with Crippen molar-refractivity contribution >= 4 is 8.53 Å². The van der Waals surface area contributed by atoms with Gasteiger partial charge in [0.25, 0.3) is 14.1 Å². The van der Waals surface area contributed by atoms with Gasteiger partial charge in [-0.2, -0.15) is 5.26 Å². The van der Waals surface area contributed by atoms with Gasteiger partial charge in [-0.3, -0.25) is 14.3 Å². The summed E-state index contributed by atoms with van der Waals surface area (Å²) >= 11 is 0. The molecule has 3 aromatic carbocycles. The number of hydrogen-bond donors (Lipinski definition) is 1. The molecular formula is C43H51N4O9P. The quantitative estimate of drug-likeness (QED) is 0.0484. The molecule has 2 heterocycles. The molecule has 0 radical (unpaired) electrons. The number of aromatic amines is 1. The number of aromatic nitrogens is 2. The largest absolute Gasteiger partial charge is 0.497 e.